The van der Waals surface area contributed by atoms with Gasteiger partial charge in [0.1, 0.15) is 46.3 Å². The maximum Gasteiger partial charge on any atom is 0.411 e. The molecule has 2 aromatic rings. The molecule has 2 saturated carbocycles. The number of sulfonamides is 1. The lowest BCUT2D eigenvalue weighted by molar-refractivity contribution is -0.222. The molecule has 4 amide bonds. The van der Waals surface area contributed by atoms with Crippen molar-refractivity contribution in [3.63, 3.8) is 0 Å². The monoisotopic (exact) mass is 822 g/mol. The van der Waals surface area contributed by atoms with Crippen LogP contribution in [0.1, 0.15) is 79.1 Å². The molecular formula is C38H49F3N6O9S. The number of methoxy groups -OCH3 is 1. The van der Waals surface area contributed by atoms with Crippen LogP contribution >= 0.6 is 0 Å². The lowest BCUT2D eigenvalue weighted by Gasteiger charge is -2.46. The number of amides is 4. The standard InChI is InChI=1S/C38H49F3N6O9S/c1-6-22-15-21(2)9-7-8-10-23-18-37(23,34(50)45-57(53,54)26-12-13-26)43-32(48)29-17-25(56-30-19-42-44-28-16-24(55-5)11-14-27(28)30)20-46(29)33(49)31(22)47(35(51)52)36(3,4)38(39,40)41/h8,10-11,14,16,19,21-23,25-26,29,31H,6-7,9,12-13,15,17-18,20H2,1-5H3,(H,43,48)(H,45,50)(H,51,52)/b10-8-/t21-,22-,23-,25-,29+,31+,37-/m1/s1. The van der Waals surface area contributed by atoms with Crippen molar-refractivity contribution in [2.45, 2.75) is 120 Å². The zero-order valence-corrected chi connectivity index (χ0v) is 33.2. The summed E-state index contributed by atoms with van der Waals surface area (Å²) < 4.78 is 83.8. The maximum atomic E-state index is 15.1. The Morgan fingerprint density at radius 1 is 1.16 bits per heavy atom. The van der Waals surface area contributed by atoms with Gasteiger partial charge in [0.2, 0.25) is 21.8 Å². The molecule has 19 heteroatoms. The number of carboxylic acid groups (broad SMARTS) is 1. The number of carbonyl (C=O) groups is 4. The van der Waals surface area contributed by atoms with Crippen LogP contribution in [0.5, 0.6) is 11.5 Å². The molecule has 0 unspecified atom stereocenters. The molecular weight excluding hydrogens is 774 g/mol. The largest absolute Gasteiger partial charge is 0.497 e. The molecule has 6 rings (SSSR count). The Morgan fingerprint density at radius 2 is 1.88 bits per heavy atom. The van der Waals surface area contributed by atoms with Crippen molar-refractivity contribution in [2.75, 3.05) is 13.7 Å². The van der Waals surface area contributed by atoms with Gasteiger partial charge in [0, 0.05) is 23.8 Å². The van der Waals surface area contributed by atoms with Crippen LogP contribution in [0.25, 0.3) is 10.9 Å². The van der Waals surface area contributed by atoms with Crippen LogP contribution in [0.2, 0.25) is 0 Å². The number of ether oxygens (including phenoxy) is 2. The fourth-order valence-electron chi connectivity index (χ4n) is 8.09. The molecule has 15 nitrogen and oxygen atoms in total. The highest BCUT2D eigenvalue weighted by Gasteiger charge is 2.63. The van der Waals surface area contributed by atoms with E-state index in [0.29, 0.717) is 56.2 Å². The summed E-state index contributed by atoms with van der Waals surface area (Å²) in [5.41, 5.74) is -4.33. The highest BCUT2D eigenvalue weighted by atomic mass is 32.2. The van der Waals surface area contributed by atoms with E-state index in [4.69, 9.17) is 9.47 Å². The molecule has 57 heavy (non-hydrogen) atoms. The highest BCUT2D eigenvalue weighted by molar-refractivity contribution is 7.91. The Morgan fingerprint density at radius 3 is 2.51 bits per heavy atom. The first-order valence-electron chi connectivity index (χ1n) is 19.1. The van der Waals surface area contributed by atoms with Crippen molar-refractivity contribution < 1.29 is 55.3 Å². The van der Waals surface area contributed by atoms with Gasteiger partial charge in [0.05, 0.1) is 25.1 Å². The summed E-state index contributed by atoms with van der Waals surface area (Å²) >= 11 is 0. The van der Waals surface area contributed by atoms with Crippen LogP contribution in [0.3, 0.4) is 0 Å². The van der Waals surface area contributed by atoms with E-state index < -0.39 is 86.4 Å². The van der Waals surface area contributed by atoms with E-state index >= 15 is 4.79 Å². The van der Waals surface area contributed by atoms with Gasteiger partial charge in [-0.1, -0.05) is 32.4 Å². The Bertz CT molecular complexity index is 2040. The van der Waals surface area contributed by atoms with Crippen molar-refractivity contribution in [3.05, 3.63) is 36.5 Å². The van der Waals surface area contributed by atoms with Crippen molar-refractivity contribution in [1.29, 1.82) is 0 Å². The summed E-state index contributed by atoms with van der Waals surface area (Å²) in [6, 6.07) is 1.62. The zero-order valence-electron chi connectivity index (χ0n) is 32.4. The predicted octanol–water partition coefficient (Wildman–Crippen LogP) is 4.56. The highest BCUT2D eigenvalue weighted by Crippen LogP contribution is 2.47. The fourth-order valence-corrected chi connectivity index (χ4v) is 9.45. The van der Waals surface area contributed by atoms with E-state index in [-0.39, 0.29) is 48.8 Å². The summed E-state index contributed by atoms with van der Waals surface area (Å²) in [6.45, 7) is 4.59. The van der Waals surface area contributed by atoms with Gasteiger partial charge in [-0.05, 0) is 76.3 Å². The molecule has 0 bridgehead atoms. The molecule has 2 aliphatic heterocycles. The van der Waals surface area contributed by atoms with Gasteiger partial charge in [-0.3, -0.25) is 24.0 Å². The summed E-state index contributed by atoms with van der Waals surface area (Å²) in [5.74, 6) is -3.80. The summed E-state index contributed by atoms with van der Waals surface area (Å²) in [7, 11) is -2.54. The average molecular weight is 823 g/mol. The van der Waals surface area contributed by atoms with E-state index in [0.717, 1.165) is 4.90 Å². The van der Waals surface area contributed by atoms with E-state index in [2.05, 4.69) is 20.2 Å². The van der Waals surface area contributed by atoms with E-state index in [9.17, 15) is 41.1 Å². The number of hydrogen-bond donors (Lipinski definition) is 3. The summed E-state index contributed by atoms with van der Waals surface area (Å²) in [5, 5.41) is 21.1. The van der Waals surface area contributed by atoms with E-state index in [1.165, 1.54) is 13.3 Å². The van der Waals surface area contributed by atoms with Crippen molar-refractivity contribution in [3.8, 4) is 11.5 Å². The Balaban J connectivity index is 1.43. The first-order valence-corrected chi connectivity index (χ1v) is 20.7. The lowest BCUT2D eigenvalue weighted by Crippen LogP contribution is -2.66. The lowest BCUT2D eigenvalue weighted by atomic mass is 9.82. The molecule has 1 aromatic carbocycles. The first kappa shape index (κ1) is 41.9. The molecule has 4 aliphatic rings. The third-order valence-electron chi connectivity index (χ3n) is 11.8. The third kappa shape index (κ3) is 8.34. The molecule has 312 valence electrons. The number of nitrogens with one attached hydrogen (secondary N) is 2. The number of benzene rings is 1. The number of allylic oxidation sites excluding steroid dienone is 1. The number of rotatable bonds is 9. The second-order valence-electron chi connectivity index (χ2n) is 16.2. The summed E-state index contributed by atoms with van der Waals surface area (Å²) in [4.78, 5) is 57.6. The van der Waals surface area contributed by atoms with Crippen molar-refractivity contribution in [2.24, 2.45) is 17.8 Å². The molecule has 7 atom stereocenters. The minimum absolute atomic E-state index is 0.0582. The number of fused-ring (bicyclic) bond motifs is 3. The van der Waals surface area contributed by atoms with Gasteiger partial charge >= 0.3 is 12.3 Å². The van der Waals surface area contributed by atoms with Crippen LogP contribution in [-0.2, 0) is 24.4 Å². The predicted molar refractivity (Wildman–Crippen MR) is 199 cm³/mol. The SMILES string of the molecule is CC[C@@H]1C[C@H](C)CC/C=C\[C@@H]2C[C@@]2(C(=O)NS(=O)(=O)C2CC2)NC(=O)[C@@H]2C[C@@H](Oc3cnnc4cc(OC)ccc34)CN2C(=O)[C@H]1N(C(=O)O)C(C)(C)C(F)(F)F. The molecule has 3 fully saturated rings. The molecule has 0 radical (unpaired) electrons. The van der Waals surface area contributed by atoms with Gasteiger partial charge in [-0.25, -0.2) is 13.2 Å². The zero-order chi connectivity index (χ0) is 41.7. The van der Waals surface area contributed by atoms with Gasteiger partial charge in [0.25, 0.3) is 5.91 Å². The number of carbonyl (C=O) groups excluding carboxylic acids is 3. The Labute approximate surface area is 328 Å². The molecule has 1 saturated heterocycles. The van der Waals surface area contributed by atoms with Gasteiger partial charge < -0.3 is 24.8 Å². The van der Waals surface area contributed by atoms with E-state index in [1.807, 2.05) is 13.0 Å². The number of nitrogens with zero attached hydrogens (tertiary/aromatic N) is 4. The number of aromatic nitrogens is 2. The Hall–Kier alpha value is -4.68. The smallest absolute Gasteiger partial charge is 0.411 e. The third-order valence-corrected chi connectivity index (χ3v) is 13.6. The van der Waals surface area contributed by atoms with Crippen LogP contribution < -0.4 is 19.5 Å². The number of hydrogen-bond acceptors (Lipinski definition) is 10. The van der Waals surface area contributed by atoms with E-state index in [1.54, 1.807) is 31.2 Å². The van der Waals surface area contributed by atoms with Crippen LogP contribution in [0.15, 0.2) is 36.5 Å². The van der Waals surface area contributed by atoms with Crippen LogP contribution in [0.4, 0.5) is 18.0 Å². The minimum atomic E-state index is -5.09. The topological polar surface area (TPSA) is 197 Å². The van der Waals surface area contributed by atoms with Crippen molar-refractivity contribution in [1.82, 2.24) is 30.0 Å². The van der Waals surface area contributed by atoms with Crippen LogP contribution in [0, 0.1) is 17.8 Å². The second kappa shape index (κ2) is 15.6. The Kier molecular flexibility index (Phi) is 11.5. The fraction of sp³-hybridized carbons (Fsp3) is 0.632. The minimum Gasteiger partial charge on any atom is -0.497 e. The van der Waals surface area contributed by atoms with Gasteiger partial charge in [-0.15, -0.1) is 0 Å². The molecule has 2 aliphatic carbocycles. The normalized spacial score (nSPS) is 29.2. The maximum absolute atomic E-state index is 15.1. The molecule has 3 heterocycles. The second-order valence-corrected chi connectivity index (χ2v) is 18.2. The quantitative estimate of drug-likeness (QED) is 0.300. The average Bonchev–Trinajstić information content (AvgIpc) is 4.07. The molecule has 1 aromatic heterocycles. The van der Waals surface area contributed by atoms with Crippen molar-refractivity contribution >= 4 is 44.7 Å². The van der Waals surface area contributed by atoms with Gasteiger partial charge in [-0.2, -0.15) is 23.4 Å². The van der Waals surface area contributed by atoms with Crippen LogP contribution in [-0.4, -0.2) is 112 Å². The first-order chi connectivity index (χ1) is 26.7. The molecule has 3 N–H and O–H groups in total. The van der Waals surface area contributed by atoms with Gasteiger partial charge in [0.15, 0.2) is 0 Å². The summed E-state index contributed by atoms with van der Waals surface area (Å²) in [6.07, 6.45) is -1.21. The number of alkyl halides is 3. The number of halogens is 3. The molecule has 0 spiro atoms.